The number of amides is 2. The van der Waals surface area contributed by atoms with Gasteiger partial charge in [-0.15, -0.1) is 0 Å². The maximum absolute atomic E-state index is 12.7. The zero-order chi connectivity index (χ0) is 24.1. The maximum atomic E-state index is 12.7. The van der Waals surface area contributed by atoms with Gasteiger partial charge >= 0.3 is 0 Å². The Kier molecular flexibility index (Phi) is 7.43. The van der Waals surface area contributed by atoms with Gasteiger partial charge in [-0.2, -0.15) is 0 Å². The summed E-state index contributed by atoms with van der Waals surface area (Å²) in [6, 6.07) is 14.0. The van der Waals surface area contributed by atoms with Crippen molar-refractivity contribution >= 4 is 17.5 Å². The lowest BCUT2D eigenvalue weighted by Gasteiger charge is -2.34. The highest BCUT2D eigenvalue weighted by Crippen LogP contribution is 2.21. The molecular formula is C27H32N4O3. The smallest absolute Gasteiger partial charge is 0.238 e. The second-order valence-electron chi connectivity index (χ2n) is 8.94. The summed E-state index contributed by atoms with van der Waals surface area (Å²) in [6.45, 7) is 9.02. The van der Waals surface area contributed by atoms with Gasteiger partial charge in [0.1, 0.15) is 0 Å². The van der Waals surface area contributed by atoms with Gasteiger partial charge in [-0.3, -0.25) is 14.5 Å². The van der Waals surface area contributed by atoms with E-state index >= 15 is 0 Å². The van der Waals surface area contributed by atoms with E-state index in [4.69, 9.17) is 4.42 Å². The fourth-order valence-electron chi connectivity index (χ4n) is 4.08. The van der Waals surface area contributed by atoms with Crippen LogP contribution in [-0.4, -0.2) is 59.3 Å². The number of aryl methyl sites for hydroxylation is 3. The van der Waals surface area contributed by atoms with Crippen molar-refractivity contribution in [3.05, 3.63) is 71.2 Å². The number of hydrogen-bond acceptors (Lipinski definition) is 5. The highest BCUT2D eigenvalue weighted by Gasteiger charge is 2.23. The van der Waals surface area contributed by atoms with E-state index in [2.05, 4.69) is 15.2 Å². The number of nitrogens with zero attached hydrogens (tertiary/aromatic N) is 3. The largest absolute Gasteiger partial charge is 0.441 e. The van der Waals surface area contributed by atoms with E-state index in [1.54, 1.807) is 6.20 Å². The lowest BCUT2D eigenvalue weighted by atomic mass is 10.1. The lowest BCUT2D eigenvalue weighted by Crippen LogP contribution is -2.50. The van der Waals surface area contributed by atoms with Crippen LogP contribution in [0.5, 0.6) is 0 Å². The highest BCUT2D eigenvalue weighted by molar-refractivity contribution is 5.93. The van der Waals surface area contributed by atoms with Crippen LogP contribution in [0.1, 0.15) is 29.0 Å². The molecule has 1 aliphatic heterocycles. The Morgan fingerprint density at radius 3 is 2.47 bits per heavy atom. The number of benzene rings is 2. The Morgan fingerprint density at radius 2 is 1.74 bits per heavy atom. The molecule has 4 rings (SSSR count). The first kappa shape index (κ1) is 23.7. The number of oxazole rings is 1. The third kappa shape index (κ3) is 5.91. The number of rotatable bonds is 7. The van der Waals surface area contributed by atoms with Gasteiger partial charge in [-0.25, -0.2) is 4.98 Å². The first-order chi connectivity index (χ1) is 16.4. The van der Waals surface area contributed by atoms with Crippen molar-refractivity contribution in [2.75, 3.05) is 38.0 Å². The van der Waals surface area contributed by atoms with Crippen molar-refractivity contribution in [2.24, 2.45) is 0 Å². The highest BCUT2D eigenvalue weighted by atomic mass is 16.4. The Balaban J connectivity index is 1.20. The molecule has 1 N–H and O–H groups in total. The SMILES string of the molecule is Cc1ccc(-c2cnc(CCC(=O)N3CCN(CC(=O)Nc4cccc(C)c4C)CC3)o2)cc1. The predicted octanol–water partition coefficient (Wildman–Crippen LogP) is 3.98. The van der Waals surface area contributed by atoms with Crippen molar-refractivity contribution in [1.82, 2.24) is 14.8 Å². The van der Waals surface area contributed by atoms with E-state index in [-0.39, 0.29) is 11.8 Å². The molecule has 0 aliphatic carbocycles. The van der Waals surface area contributed by atoms with E-state index in [1.165, 1.54) is 5.56 Å². The van der Waals surface area contributed by atoms with E-state index in [1.807, 2.05) is 68.1 Å². The summed E-state index contributed by atoms with van der Waals surface area (Å²) in [5.74, 6) is 1.36. The standard InChI is InChI=1S/C27H32N4O3/c1-19-7-9-22(10-8-19)24-17-28-26(34-24)11-12-27(33)31-15-13-30(14-16-31)18-25(32)29-23-6-4-5-20(2)21(23)3/h4-10,17H,11-16,18H2,1-3H3,(H,29,32). The van der Waals surface area contributed by atoms with E-state index < -0.39 is 0 Å². The molecule has 0 atom stereocenters. The minimum Gasteiger partial charge on any atom is -0.441 e. The average molecular weight is 461 g/mol. The Bertz CT molecular complexity index is 1140. The van der Waals surface area contributed by atoms with E-state index in [0.29, 0.717) is 51.5 Å². The van der Waals surface area contributed by atoms with Gasteiger partial charge in [-0.1, -0.05) is 42.0 Å². The third-order valence-electron chi connectivity index (χ3n) is 6.41. The number of nitrogens with one attached hydrogen (secondary N) is 1. The maximum Gasteiger partial charge on any atom is 0.238 e. The summed E-state index contributed by atoms with van der Waals surface area (Å²) in [7, 11) is 0. The van der Waals surface area contributed by atoms with Gasteiger partial charge in [0.25, 0.3) is 0 Å². The summed E-state index contributed by atoms with van der Waals surface area (Å²) in [5.41, 5.74) is 5.27. The van der Waals surface area contributed by atoms with Gasteiger partial charge < -0.3 is 14.6 Å². The second-order valence-corrected chi connectivity index (χ2v) is 8.94. The van der Waals surface area contributed by atoms with Crippen molar-refractivity contribution in [3.8, 4) is 11.3 Å². The molecule has 178 valence electrons. The minimum atomic E-state index is -0.0262. The molecule has 7 nitrogen and oxygen atoms in total. The van der Waals surface area contributed by atoms with Crippen LogP contribution >= 0.6 is 0 Å². The van der Waals surface area contributed by atoms with Gasteiger partial charge in [0.15, 0.2) is 11.7 Å². The zero-order valence-corrected chi connectivity index (χ0v) is 20.1. The van der Waals surface area contributed by atoms with Gasteiger partial charge in [0, 0.05) is 50.3 Å². The molecule has 2 amide bonds. The molecule has 7 heteroatoms. The number of carbonyl (C=O) groups excluding carboxylic acids is 2. The van der Waals surface area contributed by atoms with Gasteiger partial charge in [0.2, 0.25) is 11.8 Å². The number of hydrogen-bond donors (Lipinski definition) is 1. The number of aromatic nitrogens is 1. The van der Waals surface area contributed by atoms with Gasteiger partial charge in [0.05, 0.1) is 12.7 Å². The van der Waals surface area contributed by atoms with Crippen LogP contribution in [0.15, 0.2) is 53.1 Å². The second kappa shape index (κ2) is 10.7. The van der Waals surface area contributed by atoms with Crippen molar-refractivity contribution in [3.63, 3.8) is 0 Å². The molecule has 2 aromatic carbocycles. The fraction of sp³-hybridized carbons (Fsp3) is 0.370. The van der Waals surface area contributed by atoms with Crippen LogP contribution in [0.25, 0.3) is 11.3 Å². The topological polar surface area (TPSA) is 78.7 Å². The molecule has 1 aliphatic rings. The molecule has 0 bridgehead atoms. The molecule has 0 saturated carbocycles. The van der Waals surface area contributed by atoms with Crippen LogP contribution in [0.4, 0.5) is 5.69 Å². The summed E-state index contributed by atoms with van der Waals surface area (Å²) < 4.78 is 5.84. The summed E-state index contributed by atoms with van der Waals surface area (Å²) in [4.78, 5) is 33.5. The van der Waals surface area contributed by atoms with Crippen LogP contribution in [0.3, 0.4) is 0 Å². The Morgan fingerprint density at radius 1 is 1.00 bits per heavy atom. The third-order valence-corrected chi connectivity index (χ3v) is 6.41. The molecule has 0 spiro atoms. The lowest BCUT2D eigenvalue weighted by molar-refractivity contribution is -0.133. The molecule has 1 aromatic heterocycles. The fourth-order valence-corrected chi connectivity index (χ4v) is 4.08. The zero-order valence-electron chi connectivity index (χ0n) is 20.1. The van der Waals surface area contributed by atoms with Crippen LogP contribution < -0.4 is 5.32 Å². The first-order valence-electron chi connectivity index (χ1n) is 11.8. The monoisotopic (exact) mass is 460 g/mol. The normalized spacial score (nSPS) is 14.3. The molecule has 34 heavy (non-hydrogen) atoms. The quantitative estimate of drug-likeness (QED) is 0.577. The summed E-state index contributed by atoms with van der Waals surface area (Å²) in [5, 5.41) is 3.01. The number of carbonyl (C=O) groups is 2. The van der Waals surface area contributed by atoms with Crippen molar-refractivity contribution in [2.45, 2.75) is 33.6 Å². The Hall–Kier alpha value is -3.45. The average Bonchev–Trinajstić information content (AvgIpc) is 3.30. The Labute approximate surface area is 200 Å². The molecule has 3 aromatic rings. The van der Waals surface area contributed by atoms with Crippen LogP contribution in [0.2, 0.25) is 0 Å². The van der Waals surface area contributed by atoms with Crippen LogP contribution in [0, 0.1) is 20.8 Å². The summed E-state index contributed by atoms with van der Waals surface area (Å²) in [6.07, 6.45) is 2.55. The van der Waals surface area contributed by atoms with Crippen LogP contribution in [-0.2, 0) is 16.0 Å². The van der Waals surface area contributed by atoms with E-state index in [0.717, 1.165) is 28.1 Å². The number of anilines is 1. The molecule has 0 unspecified atom stereocenters. The molecule has 0 radical (unpaired) electrons. The molecule has 1 fully saturated rings. The minimum absolute atomic E-state index is 0.0262. The molecular weight excluding hydrogens is 428 g/mol. The van der Waals surface area contributed by atoms with Gasteiger partial charge in [-0.05, 0) is 38.0 Å². The van der Waals surface area contributed by atoms with Crippen molar-refractivity contribution < 1.29 is 14.0 Å². The first-order valence-corrected chi connectivity index (χ1v) is 11.8. The molecule has 2 heterocycles. The molecule has 1 saturated heterocycles. The number of piperazine rings is 1. The summed E-state index contributed by atoms with van der Waals surface area (Å²) >= 11 is 0. The van der Waals surface area contributed by atoms with E-state index in [9.17, 15) is 9.59 Å². The van der Waals surface area contributed by atoms with Crippen molar-refractivity contribution in [1.29, 1.82) is 0 Å². The predicted molar refractivity (Wildman–Crippen MR) is 133 cm³/mol.